The van der Waals surface area contributed by atoms with Gasteiger partial charge in [0.15, 0.2) is 5.13 Å². The van der Waals surface area contributed by atoms with Crippen LogP contribution < -0.4 is 9.64 Å². The van der Waals surface area contributed by atoms with Crippen LogP contribution in [0.5, 0.6) is 5.75 Å². The van der Waals surface area contributed by atoms with E-state index in [1.165, 1.54) is 23.5 Å². The van der Waals surface area contributed by atoms with Crippen LogP contribution in [0.25, 0.3) is 10.2 Å². The summed E-state index contributed by atoms with van der Waals surface area (Å²) in [5, 5.41) is 0.527. The SMILES string of the molecule is CCOc1cccc2sc(N(Cc3cccnc3)C(=O)c3ccc(S(=O)(=O)N4CC(C)CC(C)C4)cc3)nc12. The summed E-state index contributed by atoms with van der Waals surface area (Å²) in [5.41, 5.74) is 1.93. The van der Waals surface area contributed by atoms with E-state index in [0.717, 1.165) is 16.7 Å². The van der Waals surface area contributed by atoms with Gasteiger partial charge in [-0.05, 0) is 73.2 Å². The van der Waals surface area contributed by atoms with Gasteiger partial charge in [-0.25, -0.2) is 13.4 Å². The first-order valence-corrected chi connectivity index (χ1v) is 15.3. The molecule has 2 aromatic carbocycles. The maximum absolute atomic E-state index is 13.9. The van der Waals surface area contributed by atoms with E-state index in [1.807, 2.05) is 37.3 Å². The van der Waals surface area contributed by atoms with Gasteiger partial charge in [0.1, 0.15) is 11.3 Å². The van der Waals surface area contributed by atoms with Crippen LogP contribution in [0.4, 0.5) is 5.13 Å². The molecule has 0 aliphatic carbocycles. The number of carbonyl (C=O) groups excluding carboxylic acids is 1. The highest BCUT2D eigenvalue weighted by Crippen LogP contribution is 2.35. The fourth-order valence-electron chi connectivity index (χ4n) is 5.08. The van der Waals surface area contributed by atoms with Crippen molar-refractivity contribution in [1.82, 2.24) is 14.3 Å². The minimum atomic E-state index is -3.64. The van der Waals surface area contributed by atoms with E-state index in [-0.39, 0.29) is 17.3 Å². The van der Waals surface area contributed by atoms with E-state index >= 15 is 0 Å². The quantitative estimate of drug-likeness (QED) is 0.277. The largest absolute Gasteiger partial charge is 0.492 e. The minimum Gasteiger partial charge on any atom is -0.492 e. The van der Waals surface area contributed by atoms with Crippen molar-refractivity contribution in [1.29, 1.82) is 0 Å². The number of thiazole rings is 1. The predicted octanol–water partition coefficient (Wildman–Crippen LogP) is 5.60. The number of hydrogen-bond donors (Lipinski definition) is 0. The fourth-order valence-corrected chi connectivity index (χ4v) is 7.74. The molecular weight excluding hydrogens is 532 g/mol. The van der Waals surface area contributed by atoms with Crippen LogP contribution in [-0.2, 0) is 16.6 Å². The highest BCUT2D eigenvalue weighted by atomic mass is 32.2. The van der Waals surface area contributed by atoms with E-state index < -0.39 is 10.0 Å². The number of para-hydroxylation sites is 1. The Hall–Kier alpha value is -3.34. The molecule has 1 aliphatic heterocycles. The van der Waals surface area contributed by atoms with E-state index in [0.29, 0.717) is 53.5 Å². The van der Waals surface area contributed by atoms with Gasteiger partial charge in [-0.15, -0.1) is 0 Å². The van der Waals surface area contributed by atoms with Crippen molar-refractivity contribution in [3.8, 4) is 5.75 Å². The summed E-state index contributed by atoms with van der Waals surface area (Å²) in [7, 11) is -3.64. The molecule has 204 valence electrons. The molecule has 1 fully saturated rings. The Bertz CT molecular complexity index is 1550. The summed E-state index contributed by atoms with van der Waals surface area (Å²) in [6.45, 7) is 7.86. The summed E-state index contributed by atoms with van der Waals surface area (Å²) < 4.78 is 34.9. The van der Waals surface area contributed by atoms with E-state index in [4.69, 9.17) is 9.72 Å². The van der Waals surface area contributed by atoms with Crippen molar-refractivity contribution < 1.29 is 17.9 Å². The number of sulfonamides is 1. The van der Waals surface area contributed by atoms with Gasteiger partial charge in [0.05, 0.1) is 22.7 Å². The number of hydrogen-bond acceptors (Lipinski definition) is 7. The Balaban J connectivity index is 1.47. The number of amides is 1. The summed E-state index contributed by atoms with van der Waals surface area (Å²) in [4.78, 5) is 24.6. The Labute approximate surface area is 233 Å². The molecule has 8 nitrogen and oxygen atoms in total. The molecule has 1 aliphatic rings. The fraction of sp³-hybridized carbons (Fsp3) is 0.345. The number of carbonyl (C=O) groups is 1. The molecule has 0 radical (unpaired) electrons. The standard InChI is InChI=1S/C29H32N4O4S2/c1-4-37-25-8-5-9-26-27(25)31-29(38-26)33(19-22-7-6-14-30-16-22)28(34)23-10-12-24(13-11-23)39(35,36)32-17-20(2)15-21(3)18-32/h5-14,16,20-21H,4,15,17-19H2,1-3H3. The van der Waals surface area contributed by atoms with Crippen LogP contribution in [0.3, 0.4) is 0 Å². The minimum absolute atomic E-state index is 0.195. The van der Waals surface area contributed by atoms with Crippen LogP contribution in [0, 0.1) is 11.8 Å². The molecule has 0 saturated carbocycles. The van der Waals surface area contributed by atoms with Gasteiger partial charge in [-0.1, -0.05) is 37.3 Å². The maximum atomic E-state index is 13.9. The second-order valence-electron chi connectivity index (χ2n) is 10.1. The Kier molecular flexibility index (Phi) is 7.97. The number of piperidine rings is 1. The smallest absolute Gasteiger partial charge is 0.260 e. The zero-order valence-electron chi connectivity index (χ0n) is 22.3. The number of nitrogens with zero attached hydrogens (tertiary/aromatic N) is 4. The number of benzene rings is 2. The molecule has 3 heterocycles. The lowest BCUT2D eigenvalue weighted by molar-refractivity contribution is 0.0985. The molecule has 2 aromatic heterocycles. The first-order chi connectivity index (χ1) is 18.8. The second kappa shape index (κ2) is 11.4. The van der Waals surface area contributed by atoms with Gasteiger partial charge in [0.25, 0.3) is 5.91 Å². The zero-order valence-corrected chi connectivity index (χ0v) is 23.9. The zero-order chi connectivity index (χ0) is 27.6. The van der Waals surface area contributed by atoms with Gasteiger partial charge in [0, 0.05) is 31.0 Å². The lowest BCUT2D eigenvalue weighted by atomic mass is 9.94. The average molecular weight is 565 g/mol. The van der Waals surface area contributed by atoms with Crippen molar-refractivity contribution in [2.45, 2.75) is 38.6 Å². The van der Waals surface area contributed by atoms with E-state index in [1.54, 1.807) is 33.7 Å². The topological polar surface area (TPSA) is 92.7 Å². The number of aromatic nitrogens is 2. The maximum Gasteiger partial charge on any atom is 0.260 e. The molecule has 4 aromatic rings. The van der Waals surface area contributed by atoms with Crippen LogP contribution in [0.2, 0.25) is 0 Å². The molecule has 39 heavy (non-hydrogen) atoms. The summed E-state index contributed by atoms with van der Waals surface area (Å²) in [6.07, 6.45) is 4.42. The molecule has 0 bridgehead atoms. The van der Waals surface area contributed by atoms with Gasteiger partial charge in [0.2, 0.25) is 10.0 Å². The second-order valence-corrected chi connectivity index (χ2v) is 13.0. The summed E-state index contributed by atoms with van der Waals surface area (Å²) >= 11 is 1.41. The number of anilines is 1. The predicted molar refractivity (Wildman–Crippen MR) is 154 cm³/mol. The van der Waals surface area contributed by atoms with Crippen molar-refractivity contribution in [2.75, 3.05) is 24.6 Å². The number of ether oxygens (including phenoxy) is 1. The Morgan fingerprint density at radius 1 is 1.08 bits per heavy atom. The van der Waals surface area contributed by atoms with Gasteiger partial charge >= 0.3 is 0 Å². The van der Waals surface area contributed by atoms with Gasteiger partial charge in [-0.3, -0.25) is 14.7 Å². The molecule has 2 atom stereocenters. The van der Waals surface area contributed by atoms with Crippen molar-refractivity contribution >= 4 is 42.6 Å². The van der Waals surface area contributed by atoms with Crippen molar-refractivity contribution in [2.24, 2.45) is 11.8 Å². The number of fused-ring (bicyclic) bond motifs is 1. The monoisotopic (exact) mass is 564 g/mol. The average Bonchev–Trinajstić information content (AvgIpc) is 3.37. The molecule has 1 amide bonds. The van der Waals surface area contributed by atoms with E-state index in [2.05, 4.69) is 18.8 Å². The molecule has 2 unspecified atom stereocenters. The van der Waals surface area contributed by atoms with Crippen molar-refractivity contribution in [3.63, 3.8) is 0 Å². The molecule has 0 N–H and O–H groups in total. The molecule has 5 rings (SSSR count). The third kappa shape index (κ3) is 5.83. The normalized spacial score (nSPS) is 18.2. The summed E-state index contributed by atoms with van der Waals surface area (Å²) in [6, 6.07) is 15.7. The number of rotatable bonds is 8. The number of pyridine rings is 1. The van der Waals surface area contributed by atoms with Crippen LogP contribution >= 0.6 is 11.3 Å². The Morgan fingerprint density at radius 3 is 2.49 bits per heavy atom. The van der Waals surface area contributed by atoms with Gasteiger partial charge < -0.3 is 4.74 Å². The lowest BCUT2D eigenvalue weighted by Gasteiger charge is -2.34. The first-order valence-electron chi connectivity index (χ1n) is 13.1. The third-order valence-electron chi connectivity index (χ3n) is 6.78. The third-order valence-corrected chi connectivity index (χ3v) is 9.67. The summed E-state index contributed by atoms with van der Waals surface area (Å²) in [5.74, 6) is 1.01. The van der Waals surface area contributed by atoms with Crippen LogP contribution in [-0.4, -0.2) is 48.3 Å². The molecule has 0 spiro atoms. The van der Waals surface area contributed by atoms with Crippen LogP contribution in [0.15, 0.2) is 71.9 Å². The lowest BCUT2D eigenvalue weighted by Crippen LogP contribution is -2.42. The Morgan fingerprint density at radius 2 is 1.82 bits per heavy atom. The van der Waals surface area contributed by atoms with E-state index in [9.17, 15) is 13.2 Å². The van der Waals surface area contributed by atoms with Crippen molar-refractivity contribution in [3.05, 3.63) is 78.1 Å². The molecule has 1 saturated heterocycles. The highest BCUT2D eigenvalue weighted by molar-refractivity contribution is 7.89. The highest BCUT2D eigenvalue weighted by Gasteiger charge is 2.32. The van der Waals surface area contributed by atoms with Gasteiger partial charge in [-0.2, -0.15) is 4.31 Å². The first kappa shape index (κ1) is 27.2. The molecule has 10 heteroatoms. The molecular formula is C29H32N4O4S2. The van der Waals surface area contributed by atoms with Crippen LogP contribution in [0.1, 0.15) is 43.1 Å².